The quantitative estimate of drug-likeness (QED) is 0.187. The van der Waals surface area contributed by atoms with Crippen LogP contribution < -0.4 is 10.6 Å². The molecule has 0 aromatic heterocycles. The number of hydrogen-bond acceptors (Lipinski definition) is 3. The van der Waals surface area contributed by atoms with Crippen molar-refractivity contribution in [1.29, 1.82) is 0 Å². The van der Waals surface area contributed by atoms with Gasteiger partial charge < -0.3 is 15.7 Å². The van der Waals surface area contributed by atoms with Crippen LogP contribution in [0.2, 0.25) is 0 Å². The minimum absolute atomic E-state index is 0.198. The van der Waals surface area contributed by atoms with Gasteiger partial charge in [-0.25, -0.2) is 0 Å². The summed E-state index contributed by atoms with van der Waals surface area (Å²) in [6, 6.07) is 29.8. The topological polar surface area (TPSA) is 78.4 Å². The van der Waals surface area contributed by atoms with Gasteiger partial charge in [-0.05, 0) is 55.2 Å². The molecule has 0 radical (unpaired) electrons. The highest BCUT2D eigenvalue weighted by Crippen LogP contribution is 2.16. The molecule has 0 aliphatic rings. The fraction of sp³-hybridized carbons (Fsp3) is 0.323. The Balaban J connectivity index is 1.59. The van der Waals surface area contributed by atoms with Gasteiger partial charge in [0, 0.05) is 12.5 Å². The smallest absolute Gasteiger partial charge is 0.304 e. The summed E-state index contributed by atoms with van der Waals surface area (Å²) >= 11 is 5.71. The monoisotopic (exact) mass is 516 g/mol. The van der Waals surface area contributed by atoms with Crippen molar-refractivity contribution < 1.29 is 14.7 Å². The third kappa shape index (κ3) is 10.6. The summed E-state index contributed by atoms with van der Waals surface area (Å²) in [5.41, 5.74) is 3.51. The molecule has 0 saturated carbocycles. The van der Waals surface area contributed by atoms with E-state index in [-0.39, 0.29) is 12.3 Å². The zero-order chi connectivity index (χ0) is 26.3. The number of carboxylic acids is 1. The van der Waals surface area contributed by atoms with E-state index in [9.17, 15) is 14.7 Å². The summed E-state index contributed by atoms with van der Waals surface area (Å²) in [4.78, 5) is 25.4. The summed E-state index contributed by atoms with van der Waals surface area (Å²) < 4.78 is 0. The average Bonchev–Trinajstić information content (AvgIpc) is 2.91. The van der Waals surface area contributed by atoms with Crippen molar-refractivity contribution in [1.82, 2.24) is 10.6 Å². The zero-order valence-electron chi connectivity index (χ0n) is 21.1. The second-order valence-electron chi connectivity index (χ2n) is 9.30. The van der Waals surface area contributed by atoms with Crippen molar-refractivity contribution in [3.05, 3.63) is 108 Å². The SMILES string of the molecule is O=C(O)CC(CCCc1ccccc1)C(=O)NC(Cc1ccccc1)C(=S)NCCCc1ccccc1. The number of benzene rings is 3. The first-order valence-corrected chi connectivity index (χ1v) is 13.3. The van der Waals surface area contributed by atoms with E-state index in [0.717, 1.165) is 31.2 Å². The van der Waals surface area contributed by atoms with E-state index in [2.05, 4.69) is 22.8 Å². The molecule has 194 valence electrons. The molecule has 2 unspecified atom stereocenters. The van der Waals surface area contributed by atoms with E-state index >= 15 is 0 Å². The number of aryl methyl sites for hydroxylation is 2. The maximum absolute atomic E-state index is 13.3. The summed E-state index contributed by atoms with van der Waals surface area (Å²) in [5, 5.41) is 15.8. The van der Waals surface area contributed by atoms with Gasteiger partial charge >= 0.3 is 5.97 Å². The second kappa shape index (κ2) is 15.6. The van der Waals surface area contributed by atoms with Crippen LogP contribution in [0, 0.1) is 5.92 Å². The minimum Gasteiger partial charge on any atom is -0.481 e. The Morgan fingerprint density at radius 2 is 1.27 bits per heavy atom. The third-order valence-corrected chi connectivity index (χ3v) is 6.78. The third-order valence-electron chi connectivity index (χ3n) is 6.35. The number of nitrogens with one attached hydrogen (secondary N) is 2. The molecule has 2 atom stereocenters. The number of carbonyl (C=O) groups excluding carboxylic acids is 1. The maximum atomic E-state index is 13.3. The molecular formula is C31H36N2O3S. The van der Waals surface area contributed by atoms with E-state index in [1.807, 2.05) is 78.9 Å². The second-order valence-corrected chi connectivity index (χ2v) is 9.74. The van der Waals surface area contributed by atoms with Crippen LogP contribution in [0.4, 0.5) is 0 Å². The van der Waals surface area contributed by atoms with Crippen molar-refractivity contribution in [3.63, 3.8) is 0 Å². The standard InChI is InChI=1S/C31H36N2O3S/c34-29(35)23-27(20-10-18-24-12-4-1-5-13-24)30(36)33-28(22-26-16-8-3-9-17-26)31(37)32-21-11-19-25-14-6-2-7-15-25/h1-9,12-17,27-28H,10-11,18-23H2,(H,32,37)(H,33,36)(H,34,35). The number of thiocarbonyl (C=S) groups is 1. The molecular weight excluding hydrogens is 480 g/mol. The Labute approximate surface area is 225 Å². The largest absolute Gasteiger partial charge is 0.481 e. The molecule has 3 rings (SSSR count). The van der Waals surface area contributed by atoms with Gasteiger partial charge in [-0.15, -0.1) is 0 Å². The summed E-state index contributed by atoms with van der Waals surface area (Å²) in [7, 11) is 0. The highest BCUT2D eigenvalue weighted by atomic mass is 32.1. The van der Waals surface area contributed by atoms with Crippen LogP contribution in [0.5, 0.6) is 0 Å². The van der Waals surface area contributed by atoms with Gasteiger partial charge in [0.15, 0.2) is 0 Å². The fourth-order valence-corrected chi connectivity index (χ4v) is 4.60. The molecule has 0 spiro atoms. The molecule has 3 aromatic carbocycles. The molecule has 0 aliphatic carbocycles. The van der Waals surface area contributed by atoms with E-state index in [4.69, 9.17) is 12.2 Å². The number of carbonyl (C=O) groups is 2. The molecule has 5 nitrogen and oxygen atoms in total. The van der Waals surface area contributed by atoms with Crippen LogP contribution in [-0.2, 0) is 28.9 Å². The number of aliphatic carboxylic acids is 1. The van der Waals surface area contributed by atoms with Crippen molar-refractivity contribution in [3.8, 4) is 0 Å². The lowest BCUT2D eigenvalue weighted by atomic mass is 9.95. The Morgan fingerprint density at radius 3 is 1.81 bits per heavy atom. The molecule has 1 amide bonds. The first-order valence-electron chi connectivity index (χ1n) is 12.9. The first-order chi connectivity index (χ1) is 18.0. The molecule has 0 aliphatic heterocycles. The molecule has 3 N–H and O–H groups in total. The molecule has 0 heterocycles. The zero-order valence-corrected chi connectivity index (χ0v) is 22.0. The summed E-state index contributed by atoms with van der Waals surface area (Å²) in [6.45, 7) is 0.699. The fourth-order valence-electron chi connectivity index (χ4n) is 4.35. The van der Waals surface area contributed by atoms with E-state index in [0.29, 0.717) is 24.4 Å². The molecule has 0 bridgehead atoms. The van der Waals surface area contributed by atoms with Gasteiger partial charge in [-0.3, -0.25) is 9.59 Å². The van der Waals surface area contributed by atoms with Gasteiger partial charge in [-0.2, -0.15) is 0 Å². The summed E-state index contributed by atoms with van der Waals surface area (Å²) in [6.07, 6.45) is 4.24. The number of amides is 1. The predicted octanol–water partition coefficient (Wildman–Crippen LogP) is 5.38. The Kier molecular flexibility index (Phi) is 11.8. The highest BCUT2D eigenvalue weighted by molar-refractivity contribution is 7.80. The van der Waals surface area contributed by atoms with E-state index in [1.54, 1.807) is 0 Å². The first kappa shape index (κ1) is 28.1. The van der Waals surface area contributed by atoms with Crippen LogP contribution in [0.15, 0.2) is 91.0 Å². The van der Waals surface area contributed by atoms with Crippen LogP contribution in [-0.4, -0.2) is 34.6 Å². The predicted molar refractivity (Wildman–Crippen MR) is 153 cm³/mol. The van der Waals surface area contributed by atoms with Gasteiger partial charge in [0.05, 0.1) is 17.5 Å². The molecule has 37 heavy (non-hydrogen) atoms. The normalized spacial score (nSPS) is 12.3. The highest BCUT2D eigenvalue weighted by Gasteiger charge is 2.25. The van der Waals surface area contributed by atoms with Gasteiger partial charge in [0.1, 0.15) is 0 Å². The molecule has 3 aromatic rings. The lowest BCUT2D eigenvalue weighted by Gasteiger charge is -2.24. The molecule has 0 fully saturated rings. The number of carboxylic acid groups (broad SMARTS) is 1. The Hall–Kier alpha value is -3.51. The van der Waals surface area contributed by atoms with Crippen molar-refractivity contribution in [2.45, 2.75) is 51.0 Å². The van der Waals surface area contributed by atoms with Gasteiger partial charge in [-0.1, -0.05) is 103 Å². The average molecular weight is 517 g/mol. The van der Waals surface area contributed by atoms with E-state index in [1.165, 1.54) is 11.1 Å². The molecule has 0 saturated heterocycles. The van der Waals surface area contributed by atoms with Crippen molar-refractivity contribution in [2.24, 2.45) is 5.92 Å². The lowest BCUT2D eigenvalue weighted by molar-refractivity contribution is -0.141. The number of hydrogen-bond donors (Lipinski definition) is 3. The number of rotatable bonds is 15. The van der Waals surface area contributed by atoms with Crippen LogP contribution >= 0.6 is 12.2 Å². The van der Waals surface area contributed by atoms with Crippen LogP contribution in [0.3, 0.4) is 0 Å². The Morgan fingerprint density at radius 1 is 0.757 bits per heavy atom. The summed E-state index contributed by atoms with van der Waals surface area (Å²) in [5.74, 6) is -1.84. The lowest BCUT2D eigenvalue weighted by Crippen LogP contribution is -2.49. The van der Waals surface area contributed by atoms with Crippen molar-refractivity contribution in [2.75, 3.05) is 6.54 Å². The van der Waals surface area contributed by atoms with Crippen LogP contribution in [0.25, 0.3) is 0 Å². The van der Waals surface area contributed by atoms with E-state index < -0.39 is 17.9 Å². The van der Waals surface area contributed by atoms with Crippen LogP contribution in [0.1, 0.15) is 42.4 Å². The van der Waals surface area contributed by atoms with Gasteiger partial charge in [0.25, 0.3) is 0 Å². The van der Waals surface area contributed by atoms with Crippen molar-refractivity contribution >= 4 is 29.1 Å². The van der Waals surface area contributed by atoms with Gasteiger partial charge in [0.2, 0.25) is 5.91 Å². The molecule has 6 heteroatoms. The minimum atomic E-state index is -0.971. The maximum Gasteiger partial charge on any atom is 0.304 e. The Bertz CT molecular complexity index is 1110.